The number of benzene rings is 2. The van der Waals surface area contributed by atoms with Crippen LogP contribution in [0, 0.1) is 0 Å². The summed E-state index contributed by atoms with van der Waals surface area (Å²) >= 11 is 0. The Bertz CT molecular complexity index is 722. The molecule has 4 N–H and O–H groups in total. The fourth-order valence-electron chi connectivity index (χ4n) is 2.34. The second-order valence-electron chi connectivity index (χ2n) is 4.50. The van der Waals surface area contributed by atoms with Crippen LogP contribution in [0.15, 0.2) is 36.9 Å². The van der Waals surface area contributed by atoms with Crippen molar-refractivity contribution in [2.45, 2.75) is 0 Å². The fourth-order valence-corrected chi connectivity index (χ4v) is 3.83. The molecule has 1 aliphatic rings. The lowest BCUT2D eigenvalue weighted by Crippen LogP contribution is -2.41. The van der Waals surface area contributed by atoms with Crippen LogP contribution < -0.4 is 21.8 Å². The zero-order valence-electron chi connectivity index (χ0n) is 10.2. The molecule has 2 radical (unpaired) electrons. The number of ketones is 1. The molecule has 0 bridgehead atoms. The number of carbonyl (C=O) groups excluding carboxylic acids is 1. The van der Waals surface area contributed by atoms with Gasteiger partial charge in [0.25, 0.3) is 0 Å². The van der Waals surface area contributed by atoms with Crippen molar-refractivity contribution in [3.8, 4) is 0 Å². The molecule has 2 aromatic carbocycles. The largest absolute Gasteiger partial charge is 0.399 e. The number of nitrogen functional groups attached to an aromatic ring is 2. The summed E-state index contributed by atoms with van der Waals surface area (Å²) in [5.74, 6) is 0.0265. The SMILES string of the molecule is C=Cc1cc(N)cc2c1C(=O)c1ccc(N)cc1[Si]2. The molecule has 0 fully saturated rings. The summed E-state index contributed by atoms with van der Waals surface area (Å²) in [5.41, 5.74) is 15.2. The zero-order valence-corrected chi connectivity index (χ0v) is 11.2. The van der Waals surface area contributed by atoms with Gasteiger partial charge in [0.05, 0.1) is 0 Å². The highest BCUT2D eigenvalue weighted by atomic mass is 28.2. The minimum absolute atomic E-state index is 0.0265. The molecule has 1 heterocycles. The lowest BCUT2D eigenvalue weighted by atomic mass is 9.96. The van der Waals surface area contributed by atoms with Gasteiger partial charge in [-0.05, 0) is 46.3 Å². The highest BCUT2D eigenvalue weighted by molar-refractivity contribution is 6.72. The molecule has 0 aromatic heterocycles. The van der Waals surface area contributed by atoms with Crippen molar-refractivity contribution in [3.05, 3.63) is 53.6 Å². The van der Waals surface area contributed by atoms with Crippen molar-refractivity contribution in [1.82, 2.24) is 0 Å². The lowest BCUT2D eigenvalue weighted by molar-refractivity contribution is 0.104. The predicted octanol–water partition coefficient (Wildman–Crippen LogP) is 0.693. The molecule has 0 unspecified atom stereocenters. The number of anilines is 2. The average molecular weight is 264 g/mol. The summed E-state index contributed by atoms with van der Waals surface area (Å²) in [6.07, 6.45) is 1.68. The first-order valence-electron chi connectivity index (χ1n) is 5.87. The summed E-state index contributed by atoms with van der Waals surface area (Å²) in [6, 6.07) is 9.08. The topological polar surface area (TPSA) is 69.1 Å². The molecule has 1 aliphatic heterocycles. The van der Waals surface area contributed by atoms with Crippen molar-refractivity contribution in [3.63, 3.8) is 0 Å². The van der Waals surface area contributed by atoms with Crippen LogP contribution in [-0.2, 0) is 0 Å². The quantitative estimate of drug-likeness (QED) is 0.502. The summed E-state index contributed by atoms with van der Waals surface area (Å²) in [5, 5.41) is 1.95. The predicted molar refractivity (Wildman–Crippen MR) is 80.3 cm³/mol. The normalized spacial score (nSPS) is 12.7. The maximum absolute atomic E-state index is 12.6. The van der Waals surface area contributed by atoms with Crippen LogP contribution in [0.5, 0.6) is 0 Å². The molecule has 0 atom stereocenters. The second-order valence-corrected chi connectivity index (χ2v) is 5.82. The van der Waals surface area contributed by atoms with Gasteiger partial charge in [-0.3, -0.25) is 4.79 Å². The summed E-state index contributed by atoms with van der Waals surface area (Å²) in [6.45, 7) is 3.76. The minimum Gasteiger partial charge on any atom is -0.399 e. The minimum atomic E-state index is 0.0265. The molecule has 0 amide bonds. The summed E-state index contributed by atoms with van der Waals surface area (Å²) in [4.78, 5) is 12.6. The Kier molecular flexibility index (Phi) is 2.53. The molecule has 0 saturated heterocycles. The van der Waals surface area contributed by atoms with Crippen LogP contribution in [-0.4, -0.2) is 15.3 Å². The third-order valence-electron chi connectivity index (χ3n) is 3.20. The maximum Gasteiger partial charge on any atom is 0.193 e. The molecule has 0 saturated carbocycles. The third-order valence-corrected chi connectivity index (χ3v) is 4.54. The molecular formula is C15H12N2OSi. The maximum atomic E-state index is 12.6. The molecular weight excluding hydrogens is 252 g/mol. The van der Waals surface area contributed by atoms with Crippen LogP contribution in [0.4, 0.5) is 11.4 Å². The van der Waals surface area contributed by atoms with E-state index in [4.69, 9.17) is 11.5 Å². The van der Waals surface area contributed by atoms with Crippen molar-refractivity contribution in [2.24, 2.45) is 0 Å². The van der Waals surface area contributed by atoms with Crippen molar-refractivity contribution < 1.29 is 4.79 Å². The van der Waals surface area contributed by atoms with Crippen LogP contribution >= 0.6 is 0 Å². The Balaban J connectivity index is 2.27. The first kappa shape index (κ1) is 11.7. The lowest BCUT2D eigenvalue weighted by Gasteiger charge is -2.20. The van der Waals surface area contributed by atoms with Gasteiger partial charge in [0.2, 0.25) is 0 Å². The number of fused-ring (bicyclic) bond motifs is 2. The van der Waals surface area contributed by atoms with Gasteiger partial charge in [0.1, 0.15) is 9.52 Å². The van der Waals surface area contributed by atoms with Gasteiger partial charge >= 0.3 is 0 Å². The van der Waals surface area contributed by atoms with E-state index in [0.717, 1.165) is 27.1 Å². The second kappa shape index (κ2) is 4.10. The molecule has 2 aromatic rings. The number of nitrogens with two attached hydrogens (primary N) is 2. The van der Waals surface area contributed by atoms with E-state index in [1.54, 1.807) is 24.3 Å². The molecule has 0 spiro atoms. The van der Waals surface area contributed by atoms with Gasteiger partial charge in [-0.25, -0.2) is 0 Å². The molecule has 3 nitrogen and oxygen atoms in total. The Morgan fingerprint density at radius 2 is 1.79 bits per heavy atom. The van der Waals surface area contributed by atoms with E-state index in [1.807, 2.05) is 12.1 Å². The summed E-state index contributed by atoms with van der Waals surface area (Å²) < 4.78 is 0. The van der Waals surface area contributed by atoms with Crippen LogP contribution in [0.3, 0.4) is 0 Å². The van der Waals surface area contributed by atoms with Gasteiger partial charge in [0, 0.05) is 22.5 Å². The molecule has 92 valence electrons. The Morgan fingerprint density at radius 3 is 2.53 bits per heavy atom. The zero-order chi connectivity index (χ0) is 13.6. The first-order chi connectivity index (χ1) is 9.10. The molecule has 19 heavy (non-hydrogen) atoms. The van der Waals surface area contributed by atoms with E-state index >= 15 is 0 Å². The van der Waals surface area contributed by atoms with Gasteiger partial charge < -0.3 is 11.5 Å². The van der Waals surface area contributed by atoms with Gasteiger partial charge in [0.15, 0.2) is 5.78 Å². The van der Waals surface area contributed by atoms with E-state index in [1.165, 1.54) is 0 Å². The van der Waals surface area contributed by atoms with E-state index in [9.17, 15) is 4.79 Å². The van der Waals surface area contributed by atoms with Crippen LogP contribution in [0.2, 0.25) is 0 Å². The Hall–Kier alpha value is -2.33. The van der Waals surface area contributed by atoms with Gasteiger partial charge in [-0.15, -0.1) is 0 Å². The smallest absolute Gasteiger partial charge is 0.193 e. The van der Waals surface area contributed by atoms with E-state index in [2.05, 4.69) is 6.58 Å². The Morgan fingerprint density at radius 1 is 1.05 bits per heavy atom. The van der Waals surface area contributed by atoms with Crippen LogP contribution in [0.25, 0.3) is 6.08 Å². The molecule has 0 aliphatic carbocycles. The third kappa shape index (κ3) is 1.77. The summed E-state index contributed by atoms with van der Waals surface area (Å²) in [7, 11) is 0.393. The van der Waals surface area contributed by atoms with Crippen molar-refractivity contribution in [2.75, 3.05) is 11.5 Å². The average Bonchev–Trinajstić information content (AvgIpc) is 2.37. The fraction of sp³-hybridized carbons (Fsp3) is 0. The number of hydrogen-bond donors (Lipinski definition) is 2. The number of rotatable bonds is 1. The molecule has 4 heteroatoms. The van der Waals surface area contributed by atoms with Crippen molar-refractivity contribution in [1.29, 1.82) is 0 Å². The van der Waals surface area contributed by atoms with E-state index in [-0.39, 0.29) is 5.78 Å². The van der Waals surface area contributed by atoms with Gasteiger partial charge in [-0.2, -0.15) is 0 Å². The number of carbonyl (C=O) groups is 1. The highest BCUT2D eigenvalue weighted by Gasteiger charge is 2.26. The molecule has 3 rings (SSSR count). The Labute approximate surface area is 113 Å². The highest BCUT2D eigenvalue weighted by Crippen LogP contribution is 2.20. The monoisotopic (exact) mass is 264 g/mol. The van der Waals surface area contributed by atoms with Crippen LogP contribution in [0.1, 0.15) is 21.5 Å². The van der Waals surface area contributed by atoms with E-state index in [0.29, 0.717) is 20.9 Å². The van der Waals surface area contributed by atoms with Crippen molar-refractivity contribution >= 4 is 43.1 Å². The standard InChI is InChI=1S/C15H12N2OSi/c1-2-8-5-10(17)7-13-14(8)15(18)11-4-3-9(16)6-12(11)19-13/h2-7H,1,16-17H2. The van der Waals surface area contributed by atoms with E-state index < -0.39 is 0 Å². The number of hydrogen-bond acceptors (Lipinski definition) is 3. The van der Waals surface area contributed by atoms with Gasteiger partial charge in [-0.1, -0.05) is 12.7 Å². The first-order valence-corrected chi connectivity index (χ1v) is 6.87.